The third-order valence-electron chi connectivity index (χ3n) is 4.95. The van der Waals surface area contributed by atoms with Crippen molar-refractivity contribution in [3.63, 3.8) is 0 Å². The summed E-state index contributed by atoms with van der Waals surface area (Å²) in [4.78, 5) is 29.2. The lowest BCUT2D eigenvalue weighted by atomic mass is 10.0. The van der Waals surface area contributed by atoms with Crippen molar-refractivity contribution in [2.24, 2.45) is 5.41 Å². The highest BCUT2D eigenvalue weighted by Gasteiger charge is 2.56. The molecule has 0 atom stereocenters. The lowest BCUT2D eigenvalue weighted by Gasteiger charge is -2.17. The minimum atomic E-state index is -1.44. The summed E-state index contributed by atoms with van der Waals surface area (Å²) in [5, 5.41) is 4.81. The number of nitrogens with two attached hydrogens (primary N) is 1. The number of carbonyl (C=O) groups is 2. The van der Waals surface area contributed by atoms with E-state index in [0.29, 0.717) is 5.69 Å². The van der Waals surface area contributed by atoms with Gasteiger partial charge < -0.3 is 21.1 Å². The smallest absolute Gasteiger partial charge is 0.240 e. The highest BCUT2D eigenvalue weighted by atomic mass is 19.1. The molecule has 0 bridgehead atoms. The Morgan fingerprint density at radius 1 is 0.938 bits per heavy atom. The van der Waals surface area contributed by atoms with E-state index in [4.69, 9.17) is 10.5 Å². The Morgan fingerprint density at radius 3 is 2.28 bits per heavy atom. The van der Waals surface area contributed by atoms with Crippen molar-refractivity contribution in [2.45, 2.75) is 12.8 Å². The second-order valence-electron chi connectivity index (χ2n) is 7.28. The summed E-state index contributed by atoms with van der Waals surface area (Å²) in [6.07, 6.45) is 1.78. The van der Waals surface area contributed by atoms with E-state index in [1.165, 1.54) is 30.5 Å². The third-order valence-corrected chi connectivity index (χ3v) is 4.95. The van der Waals surface area contributed by atoms with Crippen molar-refractivity contribution in [2.75, 3.05) is 16.4 Å². The lowest BCUT2D eigenvalue weighted by Crippen LogP contribution is -2.35. The number of nitrogens with one attached hydrogen (secondary N) is 2. The van der Waals surface area contributed by atoms with Crippen LogP contribution in [0.5, 0.6) is 11.5 Å². The molecule has 0 unspecified atom stereocenters. The van der Waals surface area contributed by atoms with E-state index in [9.17, 15) is 22.8 Å². The molecule has 0 radical (unpaired) electrons. The molecular formula is C22H17F3N4O3. The number of ether oxygens (including phenoxy) is 1. The van der Waals surface area contributed by atoms with Crippen molar-refractivity contribution < 1.29 is 27.5 Å². The number of hydrogen-bond acceptors (Lipinski definition) is 5. The maximum absolute atomic E-state index is 14.9. The fraction of sp³-hybridized carbons (Fsp3) is 0.136. The summed E-state index contributed by atoms with van der Waals surface area (Å²) >= 11 is 0. The molecule has 32 heavy (non-hydrogen) atoms. The largest absolute Gasteiger partial charge is 0.454 e. The number of amides is 2. The highest BCUT2D eigenvalue weighted by molar-refractivity contribution is 6.17. The average molecular weight is 442 g/mol. The predicted molar refractivity (Wildman–Crippen MR) is 110 cm³/mol. The average Bonchev–Trinajstić information content (AvgIpc) is 3.55. The van der Waals surface area contributed by atoms with Crippen molar-refractivity contribution in [3.8, 4) is 11.5 Å². The number of nitrogens with zero attached hydrogens (tertiary/aromatic N) is 1. The molecule has 3 aromatic rings. The Bertz CT molecular complexity index is 1200. The van der Waals surface area contributed by atoms with Crippen LogP contribution in [0, 0.1) is 22.9 Å². The number of nitrogen functional groups attached to an aromatic ring is 1. The number of rotatable bonds is 6. The van der Waals surface area contributed by atoms with Gasteiger partial charge >= 0.3 is 0 Å². The maximum Gasteiger partial charge on any atom is 0.240 e. The standard InChI is InChI=1S/C22H17F3N4O3/c23-12-1-3-14(4-2-12)28-20(30)22(6-7-22)21(31)29-16-9-13(24)10-17(19(16)25)32-15-5-8-27-18(26)11-15/h1-5,8-11H,6-7H2,(H2,26,27)(H,28,30)(H,29,31). The van der Waals surface area contributed by atoms with Gasteiger partial charge in [0.05, 0.1) is 5.69 Å². The summed E-state index contributed by atoms with van der Waals surface area (Å²) in [6.45, 7) is 0. The Balaban J connectivity index is 1.52. The fourth-order valence-electron chi connectivity index (χ4n) is 3.06. The van der Waals surface area contributed by atoms with Crippen LogP contribution in [-0.4, -0.2) is 16.8 Å². The van der Waals surface area contributed by atoms with Crippen LogP contribution < -0.4 is 21.1 Å². The second-order valence-corrected chi connectivity index (χ2v) is 7.28. The molecule has 2 aromatic carbocycles. The van der Waals surface area contributed by atoms with Gasteiger partial charge in [-0.15, -0.1) is 0 Å². The van der Waals surface area contributed by atoms with Gasteiger partial charge in [0, 0.05) is 30.1 Å². The van der Waals surface area contributed by atoms with Crippen LogP contribution in [0.15, 0.2) is 54.7 Å². The minimum absolute atomic E-state index is 0.121. The summed E-state index contributed by atoms with van der Waals surface area (Å²) in [5.41, 5.74) is 3.94. The van der Waals surface area contributed by atoms with Crippen LogP contribution in [0.1, 0.15) is 12.8 Å². The quantitative estimate of drug-likeness (QED) is 0.496. The fourth-order valence-corrected chi connectivity index (χ4v) is 3.06. The molecule has 1 heterocycles. The van der Waals surface area contributed by atoms with Gasteiger partial charge in [0.2, 0.25) is 11.8 Å². The topological polar surface area (TPSA) is 106 Å². The van der Waals surface area contributed by atoms with Gasteiger partial charge in [0.15, 0.2) is 11.6 Å². The number of anilines is 3. The molecule has 7 nitrogen and oxygen atoms in total. The molecule has 1 aromatic heterocycles. The number of hydrogen-bond donors (Lipinski definition) is 3. The molecule has 0 aliphatic heterocycles. The Hall–Kier alpha value is -4.08. The monoisotopic (exact) mass is 442 g/mol. The highest BCUT2D eigenvalue weighted by Crippen LogP contribution is 2.48. The van der Waals surface area contributed by atoms with Crippen molar-refractivity contribution in [3.05, 3.63) is 72.2 Å². The van der Waals surface area contributed by atoms with Crippen LogP contribution in [0.4, 0.5) is 30.4 Å². The van der Waals surface area contributed by atoms with Crippen LogP contribution in [0.3, 0.4) is 0 Å². The van der Waals surface area contributed by atoms with E-state index in [-0.39, 0.29) is 24.4 Å². The van der Waals surface area contributed by atoms with E-state index in [1.807, 2.05) is 0 Å². The van der Waals surface area contributed by atoms with Crippen molar-refractivity contribution in [1.82, 2.24) is 4.98 Å². The number of halogens is 3. The van der Waals surface area contributed by atoms with Crippen molar-refractivity contribution in [1.29, 1.82) is 0 Å². The van der Waals surface area contributed by atoms with Gasteiger partial charge in [0.1, 0.15) is 28.6 Å². The van der Waals surface area contributed by atoms with Crippen LogP contribution >= 0.6 is 0 Å². The molecule has 10 heteroatoms. The molecule has 2 amide bonds. The van der Waals surface area contributed by atoms with Gasteiger partial charge in [-0.1, -0.05) is 0 Å². The predicted octanol–water partition coefficient (Wildman–Crippen LogP) is 4.23. The first-order chi connectivity index (χ1) is 15.3. The molecule has 0 saturated heterocycles. The first kappa shape index (κ1) is 21.2. The van der Waals surface area contributed by atoms with Crippen LogP contribution in [0.25, 0.3) is 0 Å². The SMILES string of the molecule is Nc1cc(Oc2cc(F)cc(NC(=O)C3(C(=O)Nc4ccc(F)cc4)CC3)c2F)ccn1. The molecule has 4 N–H and O–H groups in total. The summed E-state index contributed by atoms with van der Waals surface area (Å²) in [5.74, 6) is -4.01. The van der Waals surface area contributed by atoms with Gasteiger partial charge in [0.25, 0.3) is 0 Å². The molecule has 1 saturated carbocycles. The molecule has 1 aliphatic carbocycles. The van der Waals surface area contributed by atoms with Gasteiger partial charge in [-0.25, -0.2) is 18.2 Å². The normalized spacial score (nSPS) is 13.8. The zero-order valence-corrected chi connectivity index (χ0v) is 16.5. The lowest BCUT2D eigenvalue weighted by molar-refractivity contribution is -0.131. The maximum atomic E-state index is 14.9. The first-order valence-electron chi connectivity index (χ1n) is 9.54. The zero-order valence-electron chi connectivity index (χ0n) is 16.5. The van der Waals surface area contributed by atoms with Crippen molar-refractivity contribution >= 4 is 29.0 Å². The number of pyridine rings is 1. The summed E-state index contributed by atoms with van der Waals surface area (Å²) < 4.78 is 47.4. The van der Waals surface area contributed by atoms with Gasteiger partial charge in [-0.2, -0.15) is 0 Å². The molecule has 1 fully saturated rings. The van der Waals surface area contributed by atoms with E-state index in [2.05, 4.69) is 15.6 Å². The molecule has 4 rings (SSSR count). The molecule has 0 spiro atoms. The minimum Gasteiger partial charge on any atom is -0.454 e. The second kappa shape index (κ2) is 8.22. The van der Waals surface area contributed by atoms with Gasteiger partial charge in [-0.05, 0) is 43.2 Å². The molecule has 1 aliphatic rings. The summed E-state index contributed by atoms with van der Waals surface area (Å²) in [6, 6.07) is 9.35. The van der Waals surface area contributed by atoms with Gasteiger partial charge in [-0.3, -0.25) is 9.59 Å². The Labute approximate surface area is 180 Å². The molecule has 164 valence electrons. The van der Waals surface area contributed by atoms with E-state index >= 15 is 0 Å². The number of aromatic nitrogens is 1. The third kappa shape index (κ3) is 4.34. The van der Waals surface area contributed by atoms with E-state index in [0.717, 1.165) is 24.3 Å². The molecular weight excluding hydrogens is 425 g/mol. The first-order valence-corrected chi connectivity index (χ1v) is 9.54. The summed E-state index contributed by atoms with van der Waals surface area (Å²) in [7, 11) is 0. The van der Waals surface area contributed by atoms with E-state index in [1.54, 1.807) is 0 Å². The zero-order chi connectivity index (χ0) is 22.9. The Morgan fingerprint density at radius 2 is 1.62 bits per heavy atom. The number of carbonyl (C=O) groups excluding carboxylic acids is 2. The van der Waals surface area contributed by atoms with Crippen LogP contribution in [0.2, 0.25) is 0 Å². The number of benzene rings is 2. The Kier molecular flexibility index (Phi) is 5.43. The van der Waals surface area contributed by atoms with E-state index < -0.39 is 46.1 Å². The van der Waals surface area contributed by atoms with Crippen LogP contribution in [-0.2, 0) is 9.59 Å².